The van der Waals surface area contributed by atoms with Gasteiger partial charge in [-0.1, -0.05) is 12.1 Å². The molecule has 0 radical (unpaired) electrons. The third-order valence-electron chi connectivity index (χ3n) is 6.77. The zero-order chi connectivity index (χ0) is 26.3. The van der Waals surface area contributed by atoms with Crippen molar-refractivity contribution in [3.05, 3.63) is 29.8 Å². The Morgan fingerprint density at radius 2 is 1.69 bits per heavy atom. The predicted molar refractivity (Wildman–Crippen MR) is 135 cm³/mol. The number of nitrogens with zero attached hydrogens (tertiary/aromatic N) is 2. The van der Waals surface area contributed by atoms with Crippen molar-refractivity contribution in [3.8, 4) is 0 Å². The second-order valence-electron chi connectivity index (χ2n) is 10.7. The van der Waals surface area contributed by atoms with Gasteiger partial charge in [0.2, 0.25) is 11.8 Å². The molecule has 3 rings (SSSR count). The molecule has 198 valence electrons. The van der Waals surface area contributed by atoms with Crippen LogP contribution in [-0.4, -0.2) is 72.6 Å². The topological polar surface area (TPSA) is 105 Å². The van der Waals surface area contributed by atoms with Crippen molar-refractivity contribution in [1.29, 1.82) is 0 Å². The van der Waals surface area contributed by atoms with Gasteiger partial charge in [-0.25, -0.2) is 9.59 Å². The predicted octanol–water partition coefficient (Wildman–Crippen LogP) is 4.08. The molecule has 1 atom stereocenters. The van der Waals surface area contributed by atoms with Crippen LogP contribution in [0.1, 0.15) is 69.7 Å². The van der Waals surface area contributed by atoms with Crippen molar-refractivity contribution >= 4 is 29.6 Å². The molecule has 9 heteroatoms. The average molecular weight is 502 g/mol. The first kappa shape index (κ1) is 27.5. The highest BCUT2D eigenvalue weighted by molar-refractivity contribution is 6.02. The number of carbonyl (C=O) groups is 4. The number of benzene rings is 1. The number of ether oxygens (including phenoxy) is 2. The molecule has 1 N–H and O–H groups in total. The second kappa shape index (κ2) is 12.2. The summed E-state index contributed by atoms with van der Waals surface area (Å²) in [5, 5.41) is 2.85. The molecule has 0 spiro atoms. The van der Waals surface area contributed by atoms with Gasteiger partial charge in [-0.2, -0.15) is 0 Å². The van der Waals surface area contributed by atoms with E-state index in [1.807, 2.05) is 20.8 Å². The number of likely N-dealkylation sites (tertiary alicyclic amines) is 2. The van der Waals surface area contributed by atoms with Gasteiger partial charge in [0.25, 0.3) is 0 Å². The molecule has 9 nitrogen and oxygen atoms in total. The normalized spacial score (nSPS) is 18.9. The molecule has 0 bridgehead atoms. The summed E-state index contributed by atoms with van der Waals surface area (Å²) in [6.07, 6.45) is 4.12. The maximum Gasteiger partial charge on any atom is 0.410 e. The van der Waals surface area contributed by atoms with Gasteiger partial charge in [0.1, 0.15) is 5.60 Å². The Kier molecular flexibility index (Phi) is 9.34. The fraction of sp³-hybridized carbons (Fsp3) is 0.630. The highest BCUT2D eigenvalue weighted by atomic mass is 16.6. The number of rotatable bonds is 6. The Balaban J connectivity index is 1.45. The summed E-state index contributed by atoms with van der Waals surface area (Å²) in [5.74, 6) is -0.574. The summed E-state index contributed by atoms with van der Waals surface area (Å²) < 4.78 is 10.2. The molecule has 0 aliphatic carbocycles. The van der Waals surface area contributed by atoms with E-state index in [2.05, 4.69) is 5.32 Å². The molecule has 2 saturated heterocycles. The van der Waals surface area contributed by atoms with Gasteiger partial charge in [-0.3, -0.25) is 9.59 Å². The quantitative estimate of drug-likeness (QED) is 0.589. The summed E-state index contributed by atoms with van der Waals surface area (Å²) >= 11 is 0. The fourth-order valence-electron chi connectivity index (χ4n) is 4.75. The number of nitrogens with one attached hydrogen (secondary N) is 1. The molecule has 0 aromatic heterocycles. The van der Waals surface area contributed by atoms with E-state index in [0.717, 1.165) is 25.7 Å². The van der Waals surface area contributed by atoms with E-state index in [9.17, 15) is 19.2 Å². The van der Waals surface area contributed by atoms with Crippen LogP contribution in [-0.2, 0) is 19.1 Å². The van der Waals surface area contributed by atoms with Gasteiger partial charge < -0.3 is 24.6 Å². The number of carbonyl (C=O) groups excluding carboxylic acids is 4. The Hall–Kier alpha value is -3.10. The van der Waals surface area contributed by atoms with E-state index in [4.69, 9.17) is 9.47 Å². The van der Waals surface area contributed by atoms with Crippen LogP contribution in [0.2, 0.25) is 0 Å². The molecule has 2 aliphatic rings. The first-order valence-electron chi connectivity index (χ1n) is 12.8. The van der Waals surface area contributed by atoms with Gasteiger partial charge in [0.05, 0.1) is 24.3 Å². The molecular formula is C27H39N3O6. The summed E-state index contributed by atoms with van der Waals surface area (Å²) in [4.78, 5) is 53.6. The smallest absolute Gasteiger partial charge is 0.410 e. The van der Waals surface area contributed by atoms with Crippen LogP contribution in [0.4, 0.5) is 10.5 Å². The lowest BCUT2D eigenvalue weighted by molar-refractivity contribution is -0.135. The molecule has 2 heterocycles. The summed E-state index contributed by atoms with van der Waals surface area (Å²) in [7, 11) is 1.30. The first-order valence-corrected chi connectivity index (χ1v) is 12.8. The van der Waals surface area contributed by atoms with E-state index in [1.165, 1.54) is 7.11 Å². The SMILES string of the molecule is COC(=O)c1ccccc1NC(=O)[C@@H]1CCCN(C(=O)CCC2CCN(C(=O)OC(C)(C)C)CC2)C1. The van der Waals surface area contributed by atoms with Crippen molar-refractivity contribution in [2.75, 3.05) is 38.6 Å². The molecule has 2 aliphatic heterocycles. The average Bonchev–Trinajstić information content (AvgIpc) is 2.86. The minimum absolute atomic E-state index is 0.0667. The minimum Gasteiger partial charge on any atom is -0.465 e. The Bertz CT molecular complexity index is 949. The van der Waals surface area contributed by atoms with E-state index in [0.29, 0.717) is 56.2 Å². The third-order valence-corrected chi connectivity index (χ3v) is 6.77. The van der Waals surface area contributed by atoms with Crippen molar-refractivity contribution in [3.63, 3.8) is 0 Å². The second-order valence-corrected chi connectivity index (χ2v) is 10.7. The molecule has 1 aromatic rings. The maximum absolute atomic E-state index is 12.9. The van der Waals surface area contributed by atoms with E-state index in [1.54, 1.807) is 34.1 Å². The first-order chi connectivity index (χ1) is 17.1. The maximum atomic E-state index is 12.9. The number of methoxy groups -OCH3 is 1. The Morgan fingerprint density at radius 1 is 1.00 bits per heavy atom. The van der Waals surface area contributed by atoms with Crippen LogP contribution in [0, 0.1) is 11.8 Å². The van der Waals surface area contributed by atoms with Gasteiger partial charge in [-0.15, -0.1) is 0 Å². The summed E-state index contributed by atoms with van der Waals surface area (Å²) in [5.41, 5.74) is 0.208. The molecule has 2 fully saturated rings. The number of piperidine rings is 2. The lowest BCUT2D eigenvalue weighted by Gasteiger charge is -2.34. The highest BCUT2D eigenvalue weighted by Gasteiger charge is 2.31. The van der Waals surface area contributed by atoms with Gasteiger partial charge in [0, 0.05) is 32.6 Å². The number of para-hydroxylation sites is 1. The molecule has 1 aromatic carbocycles. The van der Waals surface area contributed by atoms with Crippen LogP contribution >= 0.6 is 0 Å². The molecule has 0 unspecified atom stereocenters. The molecular weight excluding hydrogens is 462 g/mol. The van der Waals surface area contributed by atoms with Crippen LogP contribution in [0.5, 0.6) is 0 Å². The molecule has 3 amide bonds. The van der Waals surface area contributed by atoms with Crippen LogP contribution in [0.25, 0.3) is 0 Å². The van der Waals surface area contributed by atoms with Crippen LogP contribution in [0.3, 0.4) is 0 Å². The summed E-state index contributed by atoms with van der Waals surface area (Å²) in [6.45, 7) is 7.90. The number of esters is 1. The zero-order valence-corrected chi connectivity index (χ0v) is 21.9. The van der Waals surface area contributed by atoms with E-state index in [-0.39, 0.29) is 23.8 Å². The number of hydrogen-bond acceptors (Lipinski definition) is 6. The Labute approximate surface area is 213 Å². The Morgan fingerprint density at radius 3 is 2.36 bits per heavy atom. The standard InChI is InChI=1S/C27H39N3O6/c1-27(2,3)36-26(34)29-16-13-19(14-17-29)11-12-23(31)30-15-7-8-20(18-30)24(32)28-22-10-6-5-9-21(22)25(33)35-4/h5-6,9-10,19-20H,7-8,11-18H2,1-4H3,(H,28,32)/t20-/m1/s1. The molecule has 0 saturated carbocycles. The fourth-order valence-corrected chi connectivity index (χ4v) is 4.75. The van der Waals surface area contributed by atoms with Gasteiger partial charge in [-0.05, 0) is 70.9 Å². The van der Waals surface area contributed by atoms with E-state index < -0.39 is 11.6 Å². The highest BCUT2D eigenvalue weighted by Crippen LogP contribution is 2.26. The summed E-state index contributed by atoms with van der Waals surface area (Å²) in [6, 6.07) is 6.74. The van der Waals surface area contributed by atoms with Crippen LogP contribution in [0.15, 0.2) is 24.3 Å². The van der Waals surface area contributed by atoms with E-state index >= 15 is 0 Å². The largest absolute Gasteiger partial charge is 0.465 e. The lowest BCUT2D eigenvalue weighted by Crippen LogP contribution is -2.44. The monoisotopic (exact) mass is 501 g/mol. The van der Waals surface area contributed by atoms with Crippen molar-refractivity contribution in [1.82, 2.24) is 9.80 Å². The van der Waals surface area contributed by atoms with Crippen LogP contribution < -0.4 is 5.32 Å². The van der Waals surface area contributed by atoms with Crippen molar-refractivity contribution in [2.45, 2.75) is 64.9 Å². The minimum atomic E-state index is -0.511. The third kappa shape index (κ3) is 7.70. The number of hydrogen-bond donors (Lipinski definition) is 1. The zero-order valence-electron chi connectivity index (χ0n) is 21.9. The number of amides is 3. The lowest BCUT2D eigenvalue weighted by atomic mass is 9.91. The van der Waals surface area contributed by atoms with Crippen molar-refractivity contribution < 1.29 is 28.7 Å². The van der Waals surface area contributed by atoms with Crippen molar-refractivity contribution in [2.24, 2.45) is 11.8 Å². The molecule has 36 heavy (non-hydrogen) atoms. The van der Waals surface area contributed by atoms with Gasteiger partial charge >= 0.3 is 12.1 Å². The van der Waals surface area contributed by atoms with Gasteiger partial charge in [0.15, 0.2) is 0 Å². The number of anilines is 1.